The van der Waals surface area contributed by atoms with Gasteiger partial charge in [0.05, 0.1) is 18.1 Å². The van der Waals surface area contributed by atoms with Crippen LogP contribution in [0, 0.1) is 5.82 Å². The molecule has 3 N–H and O–H groups in total. The Kier molecular flexibility index (Phi) is 4.45. The van der Waals surface area contributed by atoms with Crippen LogP contribution in [-0.4, -0.2) is 31.1 Å². The first-order valence-corrected chi connectivity index (χ1v) is 8.89. The van der Waals surface area contributed by atoms with Crippen LogP contribution in [-0.2, 0) is 0 Å². The minimum absolute atomic E-state index is 0.239. The number of nitrogens with zero attached hydrogens (tertiary/aromatic N) is 4. The van der Waals surface area contributed by atoms with Gasteiger partial charge in [-0.3, -0.25) is 14.9 Å². The van der Waals surface area contributed by atoms with Gasteiger partial charge in [-0.2, -0.15) is 5.10 Å². The largest absolute Gasteiger partial charge is 0.365 e. The van der Waals surface area contributed by atoms with Gasteiger partial charge < -0.3 is 10.3 Å². The fourth-order valence-corrected chi connectivity index (χ4v) is 3.27. The number of primary amides is 1. The minimum Gasteiger partial charge on any atom is -0.365 e. The van der Waals surface area contributed by atoms with Gasteiger partial charge in [0.2, 0.25) is 0 Å². The number of thiazole rings is 1. The van der Waals surface area contributed by atoms with Crippen molar-refractivity contribution in [2.24, 2.45) is 5.73 Å². The summed E-state index contributed by atoms with van der Waals surface area (Å²) in [7, 11) is 0. The first-order chi connectivity index (χ1) is 13.5. The Bertz CT molecular complexity index is 1150. The van der Waals surface area contributed by atoms with Crippen LogP contribution in [0.3, 0.4) is 0 Å². The predicted octanol–water partition coefficient (Wildman–Crippen LogP) is 2.61. The standard InChI is InChI=1S/C18H13FN6O2S/c19-11-3-5-12(6-4-11)25-17(24-7-1-2-8-24)13(9-22-25)16(27)23-18-21-10-14(28-18)15(20)26/h1-10H,(H2,20,26)(H,21,23,27). The van der Waals surface area contributed by atoms with E-state index >= 15 is 0 Å². The van der Waals surface area contributed by atoms with Crippen LogP contribution in [0.4, 0.5) is 9.52 Å². The molecule has 0 aliphatic carbocycles. The van der Waals surface area contributed by atoms with Gasteiger partial charge in [-0.15, -0.1) is 0 Å². The maximum absolute atomic E-state index is 13.3. The van der Waals surface area contributed by atoms with Gasteiger partial charge in [-0.1, -0.05) is 11.3 Å². The van der Waals surface area contributed by atoms with E-state index in [1.807, 2.05) is 12.1 Å². The maximum atomic E-state index is 13.3. The number of carbonyl (C=O) groups excluding carboxylic acids is 2. The van der Waals surface area contributed by atoms with E-state index in [-0.39, 0.29) is 21.4 Å². The topological polar surface area (TPSA) is 108 Å². The van der Waals surface area contributed by atoms with Gasteiger partial charge in [-0.05, 0) is 36.4 Å². The van der Waals surface area contributed by atoms with Gasteiger partial charge >= 0.3 is 0 Å². The first-order valence-electron chi connectivity index (χ1n) is 8.07. The zero-order valence-electron chi connectivity index (χ0n) is 14.2. The second-order valence-electron chi connectivity index (χ2n) is 5.71. The van der Waals surface area contributed by atoms with E-state index in [0.29, 0.717) is 11.5 Å². The number of hydrogen-bond acceptors (Lipinski definition) is 5. The van der Waals surface area contributed by atoms with E-state index < -0.39 is 11.8 Å². The first kappa shape index (κ1) is 17.6. The van der Waals surface area contributed by atoms with Crippen LogP contribution < -0.4 is 11.1 Å². The maximum Gasteiger partial charge on any atom is 0.262 e. The average molecular weight is 396 g/mol. The normalized spacial score (nSPS) is 10.8. The van der Waals surface area contributed by atoms with Gasteiger partial charge in [0.1, 0.15) is 16.3 Å². The van der Waals surface area contributed by atoms with E-state index in [9.17, 15) is 14.0 Å². The fourth-order valence-electron chi connectivity index (χ4n) is 2.61. The fraction of sp³-hybridized carbons (Fsp3) is 0. The van der Waals surface area contributed by atoms with Crippen molar-refractivity contribution in [1.29, 1.82) is 0 Å². The molecule has 4 rings (SSSR count). The second kappa shape index (κ2) is 7.08. The zero-order chi connectivity index (χ0) is 19.7. The Morgan fingerprint density at radius 3 is 2.46 bits per heavy atom. The molecule has 0 spiro atoms. The molecule has 0 radical (unpaired) electrons. The third-order valence-electron chi connectivity index (χ3n) is 3.88. The molecule has 0 fully saturated rings. The van der Waals surface area contributed by atoms with Gasteiger partial charge in [0, 0.05) is 12.4 Å². The molecule has 0 bridgehead atoms. The smallest absolute Gasteiger partial charge is 0.262 e. The molecule has 140 valence electrons. The Hall–Kier alpha value is -3.79. The predicted molar refractivity (Wildman–Crippen MR) is 101 cm³/mol. The Morgan fingerprint density at radius 2 is 1.82 bits per heavy atom. The molecule has 2 amide bonds. The second-order valence-corrected chi connectivity index (χ2v) is 6.74. The quantitative estimate of drug-likeness (QED) is 0.541. The molecule has 0 unspecified atom stereocenters. The lowest BCUT2D eigenvalue weighted by Gasteiger charge is -2.10. The van der Waals surface area contributed by atoms with Crippen molar-refractivity contribution in [3.05, 3.63) is 77.4 Å². The van der Waals surface area contributed by atoms with Crippen LogP contribution in [0.1, 0.15) is 20.0 Å². The summed E-state index contributed by atoms with van der Waals surface area (Å²) in [6.07, 6.45) is 6.25. The summed E-state index contributed by atoms with van der Waals surface area (Å²) in [6.45, 7) is 0. The summed E-state index contributed by atoms with van der Waals surface area (Å²) in [4.78, 5) is 28.2. The summed E-state index contributed by atoms with van der Waals surface area (Å²) in [5, 5.41) is 7.18. The number of rotatable bonds is 5. The molecular formula is C18H13FN6O2S. The lowest BCUT2D eigenvalue weighted by molar-refractivity contribution is 0.100. The molecule has 3 aromatic heterocycles. The lowest BCUT2D eigenvalue weighted by Crippen LogP contribution is -2.15. The summed E-state index contributed by atoms with van der Waals surface area (Å²) in [6, 6.07) is 9.38. The summed E-state index contributed by atoms with van der Waals surface area (Å²) < 4.78 is 16.5. The molecule has 0 saturated carbocycles. The van der Waals surface area contributed by atoms with Crippen molar-refractivity contribution in [3.63, 3.8) is 0 Å². The van der Waals surface area contributed by atoms with Crippen LogP contribution in [0.5, 0.6) is 0 Å². The molecule has 1 aromatic carbocycles. The minimum atomic E-state index is -0.616. The SMILES string of the molecule is NC(=O)c1cnc(NC(=O)c2cnn(-c3ccc(F)cc3)c2-n2cccc2)s1. The van der Waals surface area contributed by atoms with Crippen molar-refractivity contribution < 1.29 is 14.0 Å². The summed E-state index contributed by atoms with van der Waals surface area (Å²) >= 11 is 0.979. The third-order valence-corrected chi connectivity index (χ3v) is 4.81. The highest BCUT2D eigenvalue weighted by Gasteiger charge is 2.21. The van der Waals surface area contributed by atoms with Gasteiger partial charge in [0.25, 0.3) is 11.8 Å². The van der Waals surface area contributed by atoms with Crippen molar-refractivity contribution >= 4 is 28.3 Å². The number of hydrogen-bond donors (Lipinski definition) is 2. The third kappa shape index (κ3) is 3.28. The molecule has 28 heavy (non-hydrogen) atoms. The number of benzene rings is 1. The van der Waals surface area contributed by atoms with Crippen molar-refractivity contribution in [2.75, 3.05) is 5.32 Å². The number of carbonyl (C=O) groups is 2. The monoisotopic (exact) mass is 396 g/mol. The molecule has 0 aliphatic rings. The van der Waals surface area contributed by atoms with E-state index in [1.54, 1.807) is 29.1 Å². The molecule has 8 nitrogen and oxygen atoms in total. The van der Waals surface area contributed by atoms with Crippen molar-refractivity contribution in [1.82, 2.24) is 19.3 Å². The van der Waals surface area contributed by atoms with Crippen molar-refractivity contribution in [3.8, 4) is 11.5 Å². The number of nitrogens with one attached hydrogen (secondary N) is 1. The number of amides is 2. The van der Waals surface area contributed by atoms with E-state index in [1.165, 1.54) is 29.2 Å². The molecule has 0 saturated heterocycles. The lowest BCUT2D eigenvalue weighted by atomic mass is 10.3. The molecule has 10 heteroatoms. The number of aromatic nitrogens is 4. The molecule has 0 atom stereocenters. The molecule has 3 heterocycles. The highest BCUT2D eigenvalue weighted by molar-refractivity contribution is 7.17. The van der Waals surface area contributed by atoms with Crippen LogP contribution in [0.25, 0.3) is 11.5 Å². The Morgan fingerprint density at radius 1 is 1.11 bits per heavy atom. The number of nitrogens with two attached hydrogens (primary N) is 1. The van der Waals surface area contributed by atoms with Gasteiger partial charge in [0.15, 0.2) is 10.9 Å². The Balaban J connectivity index is 1.73. The number of halogens is 1. The van der Waals surface area contributed by atoms with E-state index in [0.717, 1.165) is 11.3 Å². The van der Waals surface area contributed by atoms with Crippen LogP contribution in [0.2, 0.25) is 0 Å². The van der Waals surface area contributed by atoms with Gasteiger partial charge in [-0.25, -0.2) is 14.1 Å². The van der Waals surface area contributed by atoms with Crippen LogP contribution in [0.15, 0.2) is 61.2 Å². The highest BCUT2D eigenvalue weighted by atomic mass is 32.1. The molecule has 0 aliphatic heterocycles. The zero-order valence-corrected chi connectivity index (χ0v) is 15.1. The molecule has 4 aromatic rings. The Labute approximate surface area is 162 Å². The highest BCUT2D eigenvalue weighted by Crippen LogP contribution is 2.23. The van der Waals surface area contributed by atoms with Crippen LogP contribution >= 0.6 is 11.3 Å². The summed E-state index contributed by atoms with van der Waals surface area (Å²) in [5.41, 5.74) is 6.08. The van der Waals surface area contributed by atoms with E-state index in [2.05, 4.69) is 15.4 Å². The average Bonchev–Trinajstić information content (AvgIpc) is 3.42. The summed E-state index contributed by atoms with van der Waals surface area (Å²) in [5.74, 6) is -0.969. The molecular weight excluding hydrogens is 383 g/mol. The number of anilines is 1. The van der Waals surface area contributed by atoms with E-state index in [4.69, 9.17) is 5.73 Å². The van der Waals surface area contributed by atoms with Crippen molar-refractivity contribution in [2.45, 2.75) is 0 Å².